The van der Waals surface area contributed by atoms with Crippen molar-refractivity contribution in [1.82, 2.24) is 20.2 Å². The van der Waals surface area contributed by atoms with Gasteiger partial charge in [0.05, 0.1) is 41.6 Å². The number of nitrogens with one attached hydrogen (secondary N) is 1. The van der Waals surface area contributed by atoms with Gasteiger partial charge in [-0.05, 0) is 38.2 Å². The highest BCUT2D eigenvalue weighted by Gasteiger charge is 2.28. The first kappa shape index (κ1) is 29.8. The molecule has 2 aromatic heterocycles. The molecule has 1 saturated heterocycles. The SMILES string of the molecule is CNCc1ccc(-c2cccc(-c3ccnc(-c4ccc(CN5CC[C@H](C(=O)O)C5)c(OC)c4)c3Cl)c2Cl)nc1OC. The van der Waals surface area contributed by atoms with Crippen molar-refractivity contribution in [3.8, 4) is 45.3 Å². The standard InChI is InChI=1S/C32H32Cl2N4O4/c1-35-16-20-9-10-26(37-31(20)42-3)25-6-4-5-23(28(25)33)24-11-13-36-30(29(24)34)19-7-8-21(27(15-19)41-2)17-38-14-12-22(18-38)32(39)40/h4-11,13,15,22,35H,12,14,16-18H2,1-3H3,(H,39,40)/t22-/m0/s1. The number of pyridine rings is 2. The van der Waals surface area contributed by atoms with Crippen LogP contribution in [0.5, 0.6) is 11.6 Å². The van der Waals surface area contributed by atoms with E-state index in [1.165, 1.54) is 0 Å². The second-order valence-corrected chi connectivity index (χ2v) is 10.9. The van der Waals surface area contributed by atoms with Gasteiger partial charge >= 0.3 is 5.97 Å². The van der Waals surface area contributed by atoms with E-state index in [2.05, 4.69) is 15.2 Å². The maximum atomic E-state index is 11.4. The van der Waals surface area contributed by atoms with Gasteiger partial charge in [0.25, 0.3) is 0 Å². The largest absolute Gasteiger partial charge is 0.496 e. The highest BCUT2D eigenvalue weighted by molar-refractivity contribution is 6.39. The van der Waals surface area contributed by atoms with Gasteiger partial charge in [0, 0.05) is 59.2 Å². The number of carboxylic acid groups (broad SMARTS) is 1. The maximum absolute atomic E-state index is 11.4. The number of aliphatic carboxylic acids is 1. The van der Waals surface area contributed by atoms with Crippen LogP contribution in [0.1, 0.15) is 17.5 Å². The maximum Gasteiger partial charge on any atom is 0.307 e. The van der Waals surface area contributed by atoms with E-state index in [1.807, 2.05) is 61.6 Å². The number of hydrogen-bond acceptors (Lipinski definition) is 7. The average molecular weight is 608 g/mol. The Morgan fingerprint density at radius 1 is 1.02 bits per heavy atom. The molecule has 3 heterocycles. The third-order valence-corrected chi connectivity index (χ3v) is 8.32. The van der Waals surface area contributed by atoms with Crippen molar-refractivity contribution in [3.05, 3.63) is 82.0 Å². The van der Waals surface area contributed by atoms with Crippen molar-refractivity contribution in [2.75, 3.05) is 34.4 Å². The van der Waals surface area contributed by atoms with Crippen LogP contribution >= 0.6 is 23.2 Å². The molecule has 2 N–H and O–H groups in total. The number of hydrogen-bond donors (Lipinski definition) is 2. The molecule has 1 atom stereocenters. The second-order valence-electron chi connectivity index (χ2n) is 10.2. The summed E-state index contributed by atoms with van der Waals surface area (Å²) in [4.78, 5) is 22.8. The van der Waals surface area contributed by atoms with Crippen molar-refractivity contribution in [2.24, 2.45) is 5.92 Å². The first-order chi connectivity index (χ1) is 20.3. The molecule has 218 valence electrons. The smallest absolute Gasteiger partial charge is 0.307 e. The average Bonchev–Trinajstić information content (AvgIpc) is 3.47. The number of benzene rings is 2. The molecule has 0 amide bonds. The monoisotopic (exact) mass is 606 g/mol. The van der Waals surface area contributed by atoms with Gasteiger partial charge in [0.15, 0.2) is 0 Å². The second kappa shape index (κ2) is 13.1. The van der Waals surface area contributed by atoms with E-state index in [4.69, 9.17) is 37.7 Å². The first-order valence-corrected chi connectivity index (χ1v) is 14.3. The van der Waals surface area contributed by atoms with Gasteiger partial charge in [0.1, 0.15) is 5.75 Å². The zero-order valence-electron chi connectivity index (χ0n) is 23.7. The predicted octanol–water partition coefficient (Wildman–Crippen LogP) is 6.43. The molecule has 0 spiro atoms. The van der Waals surface area contributed by atoms with Crippen LogP contribution in [-0.2, 0) is 17.9 Å². The summed E-state index contributed by atoms with van der Waals surface area (Å²) >= 11 is 14.0. The Morgan fingerprint density at radius 2 is 1.79 bits per heavy atom. The number of aromatic nitrogens is 2. The third-order valence-electron chi connectivity index (χ3n) is 7.53. The summed E-state index contributed by atoms with van der Waals surface area (Å²) in [6, 6.07) is 17.4. The number of carbonyl (C=O) groups is 1. The van der Waals surface area contributed by atoms with Crippen molar-refractivity contribution >= 4 is 29.2 Å². The summed E-state index contributed by atoms with van der Waals surface area (Å²) in [7, 11) is 5.10. The number of carboxylic acids is 1. The van der Waals surface area contributed by atoms with Crippen LogP contribution in [0.3, 0.4) is 0 Å². The van der Waals surface area contributed by atoms with E-state index in [9.17, 15) is 9.90 Å². The van der Waals surface area contributed by atoms with E-state index in [-0.39, 0.29) is 5.92 Å². The Labute approximate surface area is 255 Å². The lowest BCUT2D eigenvalue weighted by Gasteiger charge is -2.18. The van der Waals surface area contributed by atoms with Gasteiger partial charge in [-0.2, -0.15) is 0 Å². The fourth-order valence-electron chi connectivity index (χ4n) is 5.35. The van der Waals surface area contributed by atoms with Gasteiger partial charge in [-0.3, -0.25) is 14.7 Å². The third kappa shape index (κ3) is 6.08. The Kier molecular flexibility index (Phi) is 9.28. The molecule has 10 heteroatoms. The zero-order valence-corrected chi connectivity index (χ0v) is 25.2. The number of nitrogens with zero attached hydrogens (tertiary/aromatic N) is 3. The van der Waals surface area contributed by atoms with Crippen LogP contribution < -0.4 is 14.8 Å². The van der Waals surface area contributed by atoms with Crippen molar-refractivity contribution in [2.45, 2.75) is 19.5 Å². The normalized spacial score (nSPS) is 15.1. The van der Waals surface area contributed by atoms with Crippen LogP contribution in [0.2, 0.25) is 10.0 Å². The summed E-state index contributed by atoms with van der Waals surface area (Å²) in [5.41, 5.74) is 6.27. The molecule has 0 aliphatic carbocycles. The highest BCUT2D eigenvalue weighted by atomic mass is 35.5. The highest BCUT2D eigenvalue weighted by Crippen LogP contribution is 2.42. The molecule has 1 aliphatic heterocycles. The molecule has 4 aromatic rings. The Bertz CT molecular complexity index is 1610. The van der Waals surface area contributed by atoms with Gasteiger partial charge in [-0.15, -0.1) is 0 Å². The number of rotatable bonds is 10. The molecule has 1 aliphatic rings. The summed E-state index contributed by atoms with van der Waals surface area (Å²) < 4.78 is 11.2. The molecule has 0 bridgehead atoms. The molecule has 0 unspecified atom stereocenters. The van der Waals surface area contributed by atoms with Gasteiger partial charge in [0.2, 0.25) is 5.88 Å². The van der Waals surface area contributed by atoms with E-state index >= 15 is 0 Å². The summed E-state index contributed by atoms with van der Waals surface area (Å²) in [6.07, 6.45) is 2.36. The van der Waals surface area contributed by atoms with Crippen LogP contribution in [0.4, 0.5) is 0 Å². The Hall–Kier alpha value is -3.69. The fourth-order valence-corrected chi connectivity index (χ4v) is 6.00. The minimum Gasteiger partial charge on any atom is -0.496 e. The molecule has 0 saturated carbocycles. The molecule has 42 heavy (non-hydrogen) atoms. The van der Waals surface area contributed by atoms with Gasteiger partial charge in [-0.1, -0.05) is 59.6 Å². The van der Waals surface area contributed by atoms with E-state index < -0.39 is 5.97 Å². The number of ether oxygens (including phenoxy) is 2. The van der Waals surface area contributed by atoms with E-state index in [0.29, 0.717) is 59.1 Å². The molecular formula is C32H32Cl2N4O4. The number of likely N-dealkylation sites (tertiary alicyclic amines) is 1. The summed E-state index contributed by atoms with van der Waals surface area (Å²) in [6.45, 7) is 2.50. The van der Waals surface area contributed by atoms with Crippen LogP contribution in [-0.4, -0.2) is 60.3 Å². The van der Waals surface area contributed by atoms with E-state index in [1.54, 1.807) is 20.4 Å². The Morgan fingerprint density at radius 3 is 2.50 bits per heavy atom. The van der Waals surface area contributed by atoms with Crippen molar-refractivity contribution in [1.29, 1.82) is 0 Å². The van der Waals surface area contributed by atoms with Gasteiger partial charge < -0.3 is 19.9 Å². The van der Waals surface area contributed by atoms with Crippen LogP contribution in [0.15, 0.2) is 60.8 Å². The fraction of sp³-hybridized carbons (Fsp3) is 0.281. The molecule has 2 aromatic carbocycles. The van der Waals surface area contributed by atoms with Gasteiger partial charge in [-0.25, -0.2) is 4.98 Å². The summed E-state index contributed by atoms with van der Waals surface area (Å²) in [5.74, 6) is 0.152. The molecule has 8 nitrogen and oxygen atoms in total. The van der Waals surface area contributed by atoms with Crippen LogP contribution in [0.25, 0.3) is 33.6 Å². The lowest BCUT2D eigenvalue weighted by molar-refractivity contribution is -0.141. The van der Waals surface area contributed by atoms with E-state index in [0.717, 1.165) is 39.9 Å². The lowest BCUT2D eigenvalue weighted by atomic mass is 9.99. The Balaban J connectivity index is 1.46. The molecule has 0 radical (unpaired) electrons. The lowest BCUT2D eigenvalue weighted by Crippen LogP contribution is -2.23. The predicted molar refractivity (Wildman–Crippen MR) is 165 cm³/mol. The number of halogens is 2. The molecule has 5 rings (SSSR count). The minimum atomic E-state index is -0.746. The quantitative estimate of drug-likeness (QED) is 0.213. The van der Waals surface area contributed by atoms with Crippen molar-refractivity contribution in [3.63, 3.8) is 0 Å². The zero-order chi connectivity index (χ0) is 29.8. The number of methoxy groups -OCH3 is 2. The minimum absolute atomic E-state index is 0.332. The van der Waals surface area contributed by atoms with Crippen LogP contribution in [0, 0.1) is 5.92 Å². The molecular weight excluding hydrogens is 575 g/mol. The topological polar surface area (TPSA) is 96.8 Å². The molecule has 1 fully saturated rings. The first-order valence-electron chi connectivity index (χ1n) is 13.6. The summed E-state index contributed by atoms with van der Waals surface area (Å²) in [5, 5.41) is 13.4. The van der Waals surface area contributed by atoms with Crippen molar-refractivity contribution < 1.29 is 19.4 Å².